The van der Waals surface area contributed by atoms with E-state index in [4.69, 9.17) is 9.52 Å². The summed E-state index contributed by atoms with van der Waals surface area (Å²) in [6.07, 6.45) is 2.31. The molecular formula is C13H14N2O5S. The van der Waals surface area contributed by atoms with Crippen molar-refractivity contribution in [2.75, 3.05) is 0 Å². The molecule has 2 rings (SSSR count). The Bertz CT molecular complexity index is 751. The van der Waals surface area contributed by atoms with Crippen LogP contribution in [0.15, 0.2) is 40.0 Å². The highest BCUT2D eigenvalue weighted by atomic mass is 32.2. The van der Waals surface area contributed by atoms with Crippen molar-refractivity contribution in [3.8, 4) is 0 Å². The molecule has 0 aromatic carbocycles. The fourth-order valence-electron chi connectivity index (χ4n) is 1.77. The number of aromatic nitrogens is 1. The molecule has 0 unspecified atom stereocenters. The van der Waals surface area contributed by atoms with E-state index in [9.17, 15) is 13.2 Å². The summed E-state index contributed by atoms with van der Waals surface area (Å²) in [5.41, 5.74) is 1.56. The van der Waals surface area contributed by atoms with Gasteiger partial charge in [0.05, 0.1) is 12.2 Å². The lowest BCUT2D eigenvalue weighted by molar-refractivity contribution is 0.0656. The van der Waals surface area contributed by atoms with Crippen LogP contribution in [0.3, 0.4) is 0 Å². The lowest BCUT2D eigenvalue weighted by Gasteiger charge is -2.07. The first-order valence-corrected chi connectivity index (χ1v) is 7.68. The number of nitrogens with zero attached hydrogens (tertiary/aromatic N) is 1. The number of carboxylic acids is 1. The van der Waals surface area contributed by atoms with Crippen molar-refractivity contribution in [2.45, 2.75) is 25.0 Å². The first kappa shape index (κ1) is 15.2. The smallest absolute Gasteiger partial charge is 0.371 e. The molecule has 0 radical (unpaired) electrons. The van der Waals surface area contributed by atoms with Crippen molar-refractivity contribution in [3.63, 3.8) is 0 Å². The number of sulfonamides is 1. The maximum Gasteiger partial charge on any atom is 0.371 e. The Morgan fingerprint density at radius 2 is 2.14 bits per heavy atom. The van der Waals surface area contributed by atoms with Gasteiger partial charge >= 0.3 is 5.97 Å². The van der Waals surface area contributed by atoms with E-state index in [0.29, 0.717) is 5.69 Å². The van der Waals surface area contributed by atoms with E-state index in [1.54, 1.807) is 12.3 Å². The molecule has 2 aromatic rings. The molecule has 0 aliphatic carbocycles. The van der Waals surface area contributed by atoms with Gasteiger partial charge in [0, 0.05) is 6.20 Å². The first-order valence-electron chi connectivity index (χ1n) is 6.19. The number of carbonyl (C=O) groups is 1. The number of pyridine rings is 1. The van der Waals surface area contributed by atoms with Crippen LogP contribution < -0.4 is 4.72 Å². The van der Waals surface area contributed by atoms with Crippen LogP contribution >= 0.6 is 0 Å². The van der Waals surface area contributed by atoms with Crippen LogP contribution in [0.25, 0.3) is 0 Å². The van der Waals surface area contributed by atoms with Gasteiger partial charge in [-0.15, -0.1) is 0 Å². The largest absolute Gasteiger partial charge is 0.475 e. The molecule has 0 spiro atoms. The highest BCUT2D eigenvalue weighted by Gasteiger charge is 2.21. The summed E-state index contributed by atoms with van der Waals surface area (Å²) in [6, 6.07) is 5.84. The van der Waals surface area contributed by atoms with Gasteiger partial charge in [0.1, 0.15) is 0 Å². The molecule has 0 saturated heterocycles. The molecule has 0 atom stereocenters. The minimum absolute atomic E-state index is 0.00938. The van der Waals surface area contributed by atoms with E-state index >= 15 is 0 Å². The van der Waals surface area contributed by atoms with Gasteiger partial charge in [-0.2, -0.15) is 0 Å². The van der Waals surface area contributed by atoms with Crippen molar-refractivity contribution >= 4 is 16.0 Å². The molecule has 0 bridgehead atoms. The standard InChI is InChI=1S/C13H14N2O5S/c1-2-9-4-3-7-14-10(9)8-15-21(18,19)12-6-5-11(20-12)13(16)17/h3-7,15H,2,8H2,1H3,(H,16,17). The molecule has 2 heterocycles. The van der Waals surface area contributed by atoms with Crippen LogP contribution in [0.5, 0.6) is 0 Å². The molecule has 2 N–H and O–H groups in total. The summed E-state index contributed by atoms with van der Waals surface area (Å²) in [4.78, 5) is 14.8. The second-order valence-corrected chi connectivity index (χ2v) is 5.91. The number of nitrogens with one attached hydrogen (secondary N) is 1. The second-order valence-electron chi connectivity index (χ2n) is 4.21. The fraction of sp³-hybridized carbons (Fsp3) is 0.231. The Balaban J connectivity index is 2.16. The average molecular weight is 310 g/mol. The monoisotopic (exact) mass is 310 g/mol. The zero-order valence-electron chi connectivity index (χ0n) is 11.2. The van der Waals surface area contributed by atoms with Crippen molar-refractivity contribution < 1.29 is 22.7 Å². The molecule has 0 saturated carbocycles. The second kappa shape index (κ2) is 6.06. The Morgan fingerprint density at radius 1 is 1.38 bits per heavy atom. The molecule has 0 aliphatic rings. The molecule has 8 heteroatoms. The lowest BCUT2D eigenvalue weighted by atomic mass is 10.1. The normalized spacial score (nSPS) is 11.5. The van der Waals surface area contributed by atoms with Crippen LogP contribution in [0.4, 0.5) is 0 Å². The highest BCUT2D eigenvalue weighted by molar-refractivity contribution is 7.89. The third-order valence-corrected chi connectivity index (χ3v) is 4.13. The van der Waals surface area contributed by atoms with E-state index in [1.807, 2.05) is 13.0 Å². The lowest BCUT2D eigenvalue weighted by Crippen LogP contribution is -2.24. The van der Waals surface area contributed by atoms with E-state index in [-0.39, 0.29) is 6.54 Å². The molecule has 2 aromatic heterocycles. The van der Waals surface area contributed by atoms with Gasteiger partial charge in [-0.25, -0.2) is 17.9 Å². The Kier molecular flexibility index (Phi) is 4.39. The Morgan fingerprint density at radius 3 is 2.76 bits per heavy atom. The summed E-state index contributed by atoms with van der Waals surface area (Å²) in [5, 5.41) is 8.28. The van der Waals surface area contributed by atoms with Gasteiger partial charge in [-0.05, 0) is 30.2 Å². The third-order valence-electron chi connectivity index (χ3n) is 2.85. The predicted octanol–water partition coefficient (Wildman–Crippen LogP) is 1.41. The van der Waals surface area contributed by atoms with Crippen LogP contribution in [0.2, 0.25) is 0 Å². The van der Waals surface area contributed by atoms with E-state index in [2.05, 4.69) is 9.71 Å². The zero-order valence-corrected chi connectivity index (χ0v) is 12.1. The number of carboxylic acid groups (broad SMARTS) is 1. The number of hydrogen-bond acceptors (Lipinski definition) is 5. The number of hydrogen-bond donors (Lipinski definition) is 2. The quantitative estimate of drug-likeness (QED) is 0.835. The van der Waals surface area contributed by atoms with Gasteiger partial charge in [-0.1, -0.05) is 13.0 Å². The van der Waals surface area contributed by atoms with Gasteiger partial charge < -0.3 is 9.52 Å². The van der Waals surface area contributed by atoms with Crippen molar-refractivity contribution in [3.05, 3.63) is 47.5 Å². The fourth-order valence-corrected chi connectivity index (χ4v) is 2.68. The maximum atomic E-state index is 12.0. The number of rotatable bonds is 6. The van der Waals surface area contributed by atoms with Crippen LogP contribution in [0, 0.1) is 0 Å². The summed E-state index contributed by atoms with van der Waals surface area (Å²) in [6.45, 7) is 1.95. The van der Waals surface area contributed by atoms with E-state index in [0.717, 1.165) is 24.1 Å². The van der Waals surface area contributed by atoms with Gasteiger partial charge in [0.25, 0.3) is 10.0 Å². The molecule has 21 heavy (non-hydrogen) atoms. The average Bonchev–Trinajstić information content (AvgIpc) is 2.96. The van der Waals surface area contributed by atoms with Gasteiger partial charge in [0.2, 0.25) is 10.9 Å². The van der Waals surface area contributed by atoms with Crippen molar-refractivity contribution in [2.24, 2.45) is 0 Å². The minimum atomic E-state index is -3.92. The Hall–Kier alpha value is -2.19. The molecule has 0 aliphatic heterocycles. The molecule has 0 fully saturated rings. The van der Waals surface area contributed by atoms with Crippen LogP contribution in [-0.2, 0) is 23.0 Å². The topological polar surface area (TPSA) is 110 Å². The zero-order chi connectivity index (χ0) is 15.5. The van der Waals surface area contributed by atoms with Crippen molar-refractivity contribution in [1.29, 1.82) is 0 Å². The maximum absolute atomic E-state index is 12.0. The predicted molar refractivity (Wildman–Crippen MR) is 73.3 cm³/mol. The minimum Gasteiger partial charge on any atom is -0.475 e. The molecular weight excluding hydrogens is 296 g/mol. The van der Waals surface area contributed by atoms with Crippen LogP contribution in [0.1, 0.15) is 28.7 Å². The molecule has 7 nitrogen and oxygen atoms in total. The van der Waals surface area contributed by atoms with Crippen molar-refractivity contribution in [1.82, 2.24) is 9.71 Å². The third kappa shape index (κ3) is 3.47. The van der Waals surface area contributed by atoms with E-state index in [1.165, 1.54) is 0 Å². The number of aryl methyl sites for hydroxylation is 1. The number of furan rings is 1. The molecule has 0 amide bonds. The Labute approximate surface area is 121 Å². The summed E-state index contributed by atoms with van der Waals surface area (Å²) >= 11 is 0. The van der Waals surface area contributed by atoms with Gasteiger partial charge in [-0.3, -0.25) is 4.98 Å². The van der Waals surface area contributed by atoms with Gasteiger partial charge in [0.15, 0.2) is 0 Å². The summed E-state index contributed by atoms with van der Waals surface area (Å²) < 4.78 is 31.2. The number of aromatic carboxylic acids is 1. The first-order chi connectivity index (χ1) is 9.94. The SMILES string of the molecule is CCc1cccnc1CNS(=O)(=O)c1ccc(C(=O)O)o1. The van der Waals surface area contributed by atoms with E-state index < -0.39 is 26.8 Å². The summed E-state index contributed by atoms with van der Waals surface area (Å²) in [5.74, 6) is -1.75. The van der Waals surface area contributed by atoms with Crippen LogP contribution in [-0.4, -0.2) is 24.5 Å². The summed E-state index contributed by atoms with van der Waals surface area (Å²) in [7, 11) is -3.92. The highest BCUT2D eigenvalue weighted by Crippen LogP contribution is 2.14. The molecule has 112 valence electrons.